The summed E-state index contributed by atoms with van der Waals surface area (Å²) in [6.07, 6.45) is 0. The molecule has 198 valence electrons. The van der Waals surface area contributed by atoms with Crippen LogP contribution in [0.4, 0.5) is 0 Å². The third kappa shape index (κ3) is 5.52. The average Bonchev–Trinajstić information content (AvgIpc) is 2.53. The molecule has 0 heterocycles. The first-order chi connectivity index (χ1) is 14.5. The molecule has 1 aromatic carbocycles. The first-order valence-electron chi connectivity index (χ1n) is 13.2. The molecule has 0 N–H and O–H groups in total. The lowest BCUT2D eigenvalue weighted by Crippen LogP contribution is -2.59. The Balaban J connectivity index is 4.65. The van der Waals surface area contributed by atoms with Gasteiger partial charge in [-0.25, -0.2) is 0 Å². The molecule has 0 nitrogen and oxygen atoms in total. The van der Waals surface area contributed by atoms with Gasteiger partial charge in [0.05, 0.1) is 16.1 Å². The van der Waals surface area contributed by atoms with E-state index < -0.39 is 16.1 Å². The fraction of sp³-hybridized carbons (Fsp3) is 0.800. The molecular formula is C30H60P2Si2. The molecule has 1 rings (SSSR count). The van der Waals surface area contributed by atoms with E-state index >= 15 is 0 Å². The molecule has 0 amide bonds. The fourth-order valence-corrected chi connectivity index (χ4v) is 12.0. The van der Waals surface area contributed by atoms with Gasteiger partial charge in [0.15, 0.2) is 0 Å². The van der Waals surface area contributed by atoms with E-state index in [-0.39, 0.29) is 32.0 Å². The van der Waals surface area contributed by atoms with Crippen LogP contribution in [-0.4, -0.2) is 16.1 Å². The Labute approximate surface area is 222 Å². The second kappa shape index (κ2) is 9.07. The first kappa shape index (κ1) is 32.5. The van der Waals surface area contributed by atoms with Crippen molar-refractivity contribution in [3.05, 3.63) is 23.3 Å². The minimum absolute atomic E-state index is 0.0728. The lowest BCUT2D eigenvalue weighted by atomic mass is 9.56. The van der Waals surface area contributed by atoms with Crippen LogP contribution in [0.25, 0.3) is 0 Å². The van der Waals surface area contributed by atoms with Crippen molar-refractivity contribution < 1.29 is 0 Å². The van der Waals surface area contributed by atoms with E-state index in [4.69, 9.17) is 0 Å². The van der Waals surface area contributed by atoms with Crippen molar-refractivity contribution in [3.8, 4) is 0 Å². The van der Waals surface area contributed by atoms with Crippen molar-refractivity contribution in [1.82, 2.24) is 0 Å². The first-order valence-corrected chi connectivity index (χ1v) is 21.4. The van der Waals surface area contributed by atoms with Gasteiger partial charge in [-0.05, 0) is 32.8 Å². The summed E-state index contributed by atoms with van der Waals surface area (Å²) in [5.41, 5.74) is 3.40. The lowest BCUT2D eigenvalue weighted by Gasteiger charge is -2.58. The highest BCUT2D eigenvalue weighted by Crippen LogP contribution is 2.64. The number of benzene rings is 1. The van der Waals surface area contributed by atoms with Crippen LogP contribution in [0.2, 0.25) is 39.3 Å². The summed E-state index contributed by atoms with van der Waals surface area (Å²) in [6.45, 7) is 44.5. The van der Waals surface area contributed by atoms with Crippen molar-refractivity contribution in [1.29, 1.82) is 0 Å². The third-order valence-corrected chi connectivity index (χ3v) is 16.8. The molecule has 0 fully saturated rings. The largest absolute Gasteiger partial charge is 0.125 e. The highest BCUT2D eigenvalue weighted by Gasteiger charge is 2.55. The van der Waals surface area contributed by atoms with Crippen molar-refractivity contribution in [2.45, 2.75) is 133 Å². The lowest BCUT2D eigenvalue weighted by molar-refractivity contribution is 0.118. The molecule has 0 aliphatic rings. The van der Waals surface area contributed by atoms with E-state index in [1.807, 2.05) is 0 Å². The fourth-order valence-electron chi connectivity index (χ4n) is 6.36. The summed E-state index contributed by atoms with van der Waals surface area (Å²) in [6, 6.07) is 5.43. The van der Waals surface area contributed by atoms with E-state index in [2.05, 4.69) is 153 Å². The molecule has 0 aliphatic heterocycles. The second-order valence-electron chi connectivity index (χ2n) is 17.1. The SMILES string of the molecule is CC(C)(C)C(P)(c1cc([Si](C)(C)C)c([Si](C)(C)C)cc1C(P)(C(C)(C)C)C(C)(C)C)C(C)(C)C. The zero-order chi connectivity index (χ0) is 27.7. The van der Waals surface area contributed by atoms with E-state index in [9.17, 15) is 0 Å². The molecule has 0 radical (unpaired) electrons. The number of hydrogen-bond acceptors (Lipinski definition) is 0. The number of rotatable bonds is 4. The highest BCUT2D eigenvalue weighted by atomic mass is 31.0. The predicted octanol–water partition coefficient (Wildman–Crippen LogP) is 9.10. The molecule has 2 atom stereocenters. The molecule has 34 heavy (non-hydrogen) atoms. The summed E-state index contributed by atoms with van der Waals surface area (Å²) in [5, 5.41) is 3.20. The van der Waals surface area contributed by atoms with E-state index in [1.54, 1.807) is 21.5 Å². The Bertz CT molecular complexity index is 784. The summed E-state index contributed by atoms with van der Waals surface area (Å²) >= 11 is 0. The maximum atomic E-state index is 3.42. The zero-order valence-electron chi connectivity index (χ0n) is 26.3. The Kier molecular flexibility index (Phi) is 8.68. The van der Waals surface area contributed by atoms with Gasteiger partial charge in [-0.2, -0.15) is 0 Å². The Morgan fingerprint density at radius 2 is 0.618 bits per heavy atom. The molecule has 0 saturated heterocycles. The Morgan fingerprint density at radius 1 is 0.441 bits per heavy atom. The minimum Gasteiger partial charge on any atom is -0.125 e. The summed E-state index contributed by atoms with van der Waals surface area (Å²) in [4.78, 5) is 0. The molecule has 0 aromatic heterocycles. The normalized spacial score (nSPS) is 15.6. The zero-order valence-corrected chi connectivity index (χ0v) is 30.6. The maximum absolute atomic E-state index is 3.42. The summed E-state index contributed by atoms with van der Waals surface area (Å²) < 4.78 is 0. The van der Waals surface area contributed by atoms with Gasteiger partial charge in [0.2, 0.25) is 0 Å². The smallest absolute Gasteiger partial charge is 0.0774 e. The Hall–Kier alpha value is 0.514. The molecular weight excluding hydrogens is 478 g/mol. The summed E-state index contributed by atoms with van der Waals surface area (Å²) in [5.74, 6) is 0. The van der Waals surface area contributed by atoms with Crippen molar-refractivity contribution in [3.63, 3.8) is 0 Å². The van der Waals surface area contributed by atoms with Crippen LogP contribution in [0, 0.1) is 21.7 Å². The van der Waals surface area contributed by atoms with Gasteiger partial charge in [-0.15, -0.1) is 18.5 Å². The highest BCUT2D eigenvalue weighted by molar-refractivity contribution is 7.19. The van der Waals surface area contributed by atoms with Crippen molar-refractivity contribution in [2.24, 2.45) is 21.7 Å². The van der Waals surface area contributed by atoms with E-state index in [0.29, 0.717) is 0 Å². The molecule has 1 aromatic rings. The minimum atomic E-state index is -1.57. The van der Waals surface area contributed by atoms with Gasteiger partial charge in [-0.3, -0.25) is 0 Å². The molecule has 0 bridgehead atoms. The van der Waals surface area contributed by atoms with E-state index in [0.717, 1.165) is 0 Å². The molecule has 0 aliphatic carbocycles. The molecule has 4 heteroatoms. The van der Waals surface area contributed by atoms with Gasteiger partial charge >= 0.3 is 0 Å². The van der Waals surface area contributed by atoms with Gasteiger partial charge in [0.1, 0.15) is 0 Å². The Morgan fingerprint density at radius 3 is 0.735 bits per heavy atom. The standard InChI is InChI=1S/C30H60P2Si2/c1-25(2,3)29(31,26(4,5)6)21-19-23(33(13,14)15)24(34(16,17)18)20-22(21)30(32,27(7,8)9)28(10,11)12/h19-20H,31-32H2,1-18H3. The molecule has 0 spiro atoms. The van der Waals surface area contributed by atoms with Crippen LogP contribution in [0.5, 0.6) is 0 Å². The molecule has 0 saturated carbocycles. The van der Waals surface area contributed by atoms with Gasteiger partial charge in [0, 0.05) is 10.3 Å². The monoisotopic (exact) mass is 538 g/mol. The van der Waals surface area contributed by atoms with Crippen LogP contribution in [0.1, 0.15) is 94.2 Å². The van der Waals surface area contributed by atoms with Crippen molar-refractivity contribution >= 4 is 45.0 Å². The quantitative estimate of drug-likeness (QED) is 0.265. The van der Waals surface area contributed by atoms with Crippen LogP contribution in [0.15, 0.2) is 12.1 Å². The number of hydrogen-bond donors (Lipinski definition) is 0. The topological polar surface area (TPSA) is 0 Å². The van der Waals surface area contributed by atoms with Crippen LogP contribution >= 0.6 is 18.5 Å². The van der Waals surface area contributed by atoms with Gasteiger partial charge in [-0.1, -0.05) is 145 Å². The van der Waals surface area contributed by atoms with Gasteiger partial charge < -0.3 is 0 Å². The maximum Gasteiger partial charge on any atom is 0.0774 e. The van der Waals surface area contributed by atoms with Crippen LogP contribution < -0.4 is 10.4 Å². The van der Waals surface area contributed by atoms with Crippen LogP contribution in [-0.2, 0) is 10.3 Å². The predicted molar refractivity (Wildman–Crippen MR) is 173 cm³/mol. The third-order valence-electron chi connectivity index (χ3n) is 8.36. The average molecular weight is 539 g/mol. The summed E-state index contributed by atoms with van der Waals surface area (Å²) in [7, 11) is 3.71. The van der Waals surface area contributed by atoms with Gasteiger partial charge in [0.25, 0.3) is 0 Å². The molecule has 2 unspecified atom stereocenters. The van der Waals surface area contributed by atoms with E-state index in [1.165, 1.54) is 0 Å². The van der Waals surface area contributed by atoms with Crippen molar-refractivity contribution in [2.75, 3.05) is 0 Å². The van der Waals surface area contributed by atoms with Crippen LogP contribution in [0.3, 0.4) is 0 Å². The second-order valence-corrected chi connectivity index (χ2v) is 28.9.